The number of amidine groups is 1. The van der Waals surface area contributed by atoms with E-state index in [9.17, 15) is 10.1 Å². The summed E-state index contributed by atoms with van der Waals surface area (Å²) in [6.07, 6.45) is 0. The number of ether oxygens (including phenoxy) is 1. The number of carbonyl (C=O) groups is 1. The van der Waals surface area contributed by atoms with Crippen molar-refractivity contribution < 1.29 is 9.53 Å². The lowest BCUT2D eigenvalue weighted by atomic mass is 9.94. The Morgan fingerprint density at radius 3 is 2.61 bits per heavy atom. The van der Waals surface area contributed by atoms with Crippen LogP contribution in [0.15, 0.2) is 75.9 Å². The van der Waals surface area contributed by atoms with E-state index in [2.05, 4.69) is 27.0 Å². The van der Waals surface area contributed by atoms with Gasteiger partial charge in [-0.05, 0) is 80.5 Å². The topological polar surface area (TPSA) is 111 Å². The maximum absolute atomic E-state index is 13.5. The molecule has 1 aliphatic heterocycles. The first-order chi connectivity index (χ1) is 18.3. The van der Waals surface area contributed by atoms with Gasteiger partial charge >= 0.3 is 0 Å². The molecule has 8 nitrogen and oxygen atoms in total. The summed E-state index contributed by atoms with van der Waals surface area (Å²) in [4.78, 5) is 23.1. The number of amides is 1. The van der Waals surface area contributed by atoms with E-state index in [1.807, 2.05) is 82.4 Å². The van der Waals surface area contributed by atoms with Crippen LogP contribution in [0.3, 0.4) is 0 Å². The molecule has 2 heterocycles. The second-order valence-electron chi connectivity index (χ2n) is 8.90. The van der Waals surface area contributed by atoms with Gasteiger partial charge in [0.1, 0.15) is 22.9 Å². The van der Waals surface area contributed by atoms with Gasteiger partial charge < -0.3 is 20.7 Å². The highest BCUT2D eigenvalue weighted by atomic mass is 32.2. The van der Waals surface area contributed by atoms with Crippen molar-refractivity contribution in [2.24, 2.45) is 4.99 Å². The molecule has 0 saturated carbocycles. The van der Waals surface area contributed by atoms with E-state index in [-0.39, 0.29) is 5.91 Å². The van der Waals surface area contributed by atoms with Crippen LogP contribution < -0.4 is 20.7 Å². The van der Waals surface area contributed by atoms with Crippen molar-refractivity contribution in [3.8, 4) is 11.8 Å². The smallest absolute Gasteiger partial charge is 0.255 e. The summed E-state index contributed by atoms with van der Waals surface area (Å²) in [6, 6.07) is 18.8. The first-order valence-electron chi connectivity index (χ1n) is 12.1. The zero-order valence-electron chi connectivity index (χ0n) is 22.0. The lowest BCUT2D eigenvalue weighted by Gasteiger charge is -2.27. The molecule has 0 bridgehead atoms. The van der Waals surface area contributed by atoms with E-state index in [4.69, 9.17) is 9.73 Å². The zero-order valence-corrected chi connectivity index (χ0v) is 22.9. The first-order valence-corrected chi connectivity index (χ1v) is 13.0. The van der Waals surface area contributed by atoms with Gasteiger partial charge in [-0.15, -0.1) is 0 Å². The van der Waals surface area contributed by atoms with Crippen LogP contribution in [0.25, 0.3) is 0 Å². The molecule has 0 unspecified atom stereocenters. The normalized spacial score (nSPS) is 14.8. The van der Waals surface area contributed by atoms with Crippen molar-refractivity contribution in [2.75, 3.05) is 19.5 Å². The van der Waals surface area contributed by atoms with E-state index in [0.717, 1.165) is 28.1 Å². The lowest BCUT2D eigenvalue weighted by Crippen LogP contribution is -2.32. The Bertz CT molecular complexity index is 1460. The molecular formula is C29H30N6O2S. The van der Waals surface area contributed by atoms with Crippen LogP contribution in [0.2, 0.25) is 0 Å². The Morgan fingerprint density at radius 1 is 1.16 bits per heavy atom. The number of methoxy groups -OCH3 is 1. The number of aryl methyl sites for hydroxylation is 2. The minimum atomic E-state index is -0.593. The highest BCUT2D eigenvalue weighted by molar-refractivity contribution is 8.13. The quantitative estimate of drug-likeness (QED) is 0.397. The van der Waals surface area contributed by atoms with Crippen LogP contribution in [0, 0.1) is 25.2 Å². The summed E-state index contributed by atoms with van der Waals surface area (Å²) in [7, 11) is 3.46. The van der Waals surface area contributed by atoms with Gasteiger partial charge in [0.05, 0.1) is 18.2 Å². The number of hydrogen-bond donors (Lipinski definition) is 3. The largest absolute Gasteiger partial charge is 0.496 e. The van der Waals surface area contributed by atoms with E-state index < -0.39 is 6.04 Å². The number of aliphatic imine (C=N–C) groups is 1. The molecule has 194 valence electrons. The average Bonchev–Trinajstić information content (AvgIpc) is 2.89. The number of pyridine rings is 1. The fraction of sp³-hybridized carbons (Fsp3) is 0.241. The number of nitriles is 1. The number of para-hydroxylation sites is 1. The molecule has 0 aliphatic carbocycles. The number of anilines is 1. The highest BCUT2D eigenvalue weighted by Gasteiger charge is 2.31. The maximum Gasteiger partial charge on any atom is 0.255 e. The number of allylic oxidation sites excluding steroid dienone is 1. The van der Waals surface area contributed by atoms with Crippen LogP contribution in [0.4, 0.5) is 5.69 Å². The molecule has 38 heavy (non-hydrogen) atoms. The number of nitrogens with zero attached hydrogens (tertiary/aromatic N) is 3. The molecule has 9 heteroatoms. The summed E-state index contributed by atoms with van der Waals surface area (Å²) in [5, 5.41) is 20.4. The summed E-state index contributed by atoms with van der Waals surface area (Å²) in [5.41, 5.74) is 5.85. The second kappa shape index (κ2) is 11.9. The Kier molecular flexibility index (Phi) is 8.46. The SMILES string of the molecule is CNCc1cc(C)nc(SC2=N[C@@H](c3ccc(C)c(OC)c3)C(C(=O)Nc3ccccc3)=C(C)N2)c1C#N. The van der Waals surface area contributed by atoms with Crippen LogP contribution >= 0.6 is 11.8 Å². The lowest BCUT2D eigenvalue weighted by molar-refractivity contribution is -0.113. The summed E-state index contributed by atoms with van der Waals surface area (Å²) >= 11 is 1.28. The van der Waals surface area contributed by atoms with Gasteiger partial charge in [0.2, 0.25) is 0 Å². The number of thioether (sulfide) groups is 1. The molecule has 1 atom stereocenters. The minimum Gasteiger partial charge on any atom is -0.496 e. The molecule has 1 amide bonds. The molecule has 4 rings (SSSR count). The van der Waals surface area contributed by atoms with Gasteiger partial charge in [-0.1, -0.05) is 30.3 Å². The van der Waals surface area contributed by atoms with Crippen molar-refractivity contribution in [3.05, 3.63) is 93.8 Å². The third kappa shape index (κ3) is 5.88. The van der Waals surface area contributed by atoms with Gasteiger partial charge in [-0.2, -0.15) is 5.26 Å². The second-order valence-corrected chi connectivity index (χ2v) is 9.87. The standard InChI is InChI=1S/C29H30N6O2S/c1-17-11-12-20(14-24(17)37-5)26-25(27(36)34-22-9-7-6-8-10-22)19(3)33-29(35-26)38-28-23(15-30)21(16-31-4)13-18(2)32-28/h6-14,26,31H,16H2,1-5H3,(H,33,35)(H,34,36)/t26-/m0/s1. The Morgan fingerprint density at radius 2 is 1.92 bits per heavy atom. The van der Waals surface area contributed by atoms with Crippen molar-refractivity contribution in [3.63, 3.8) is 0 Å². The number of carbonyl (C=O) groups excluding carboxylic acids is 1. The number of aromatic nitrogens is 1. The van der Waals surface area contributed by atoms with Crippen molar-refractivity contribution >= 4 is 28.5 Å². The van der Waals surface area contributed by atoms with E-state index >= 15 is 0 Å². The van der Waals surface area contributed by atoms with Crippen LogP contribution in [-0.4, -0.2) is 30.2 Å². The summed E-state index contributed by atoms with van der Waals surface area (Å²) in [6.45, 7) is 6.28. The predicted octanol–water partition coefficient (Wildman–Crippen LogP) is 5.00. The molecule has 0 fully saturated rings. The predicted molar refractivity (Wildman–Crippen MR) is 151 cm³/mol. The maximum atomic E-state index is 13.5. The van der Waals surface area contributed by atoms with Gasteiger partial charge in [-0.3, -0.25) is 4.79 Å². The fourth-order valence-corrected chi connectivity index (χ4v) is 5.30. The van der Waals surface area contributed by atoms with Gasteiger partial charge in [0, 0.05) is 23.6 Å². The van der Waals surface area contributed by atoms with Crippen LogP contribution in [-0.2, 0) is 11.3 Å². The monoisotopic (exact) mass is 526 g/mol. The molecule has 1 aromatic heterocycles. The molecule has 3 aromatic rings. The molecule has 2 aromatic carbocycles. The summed E-state index contributed by atoms with van der Waals surface area (Å²) < 4.78 is 5.56. The van der Waals surface area contributed by atoms with Crippen LogP contribution in [0.1, 0.15) is 40.9 Å². The van der Waals surface area contributed by atoms with Crippen molar-refractivity contribution in [2.45, 2.75) is 38.4 Å². The van der Waals surface area contributed by atoms with E-state index in [0.29, 0.717) is 39.3 Å². The van der Waals surface area contributed by atoms with Crippen molar-refractivity contribution in [1.82, 2.24) is 15.6 Å². The molecule has 0 radical (unpaired) electrons. The number of rotatable bonds is 7. The number of nitrogens with one attached hydrogen (secondary N) is 3. The van der Waals surface area contributed by atoms with E-state index in [1.54, 1.807) is 7.11 Å². The molecular weight excluding hydrogens is 496 g/mol. The fourth-order valence-electron chi connectivity index (χ4n) is 4.29. The Balaban J connectivity index is 1.76. The zero-order chi connectivity index (χ0) is 27.2. The molecule has 0 spiro atoms. The van der Waals surface area contributed by atoms with Gasteiger partial charge in [0.25, 0.3) is 5.91 Å². The average molecular weight is 527 g/mol. The highest BCUT2D eigenvalue weighted by Crippen LogP contribution is 2.37. The van der Waals surface area contributed by atoms with Crippen LogP contribution in [0.5, 0.6) is 5.75 Å². The Labute approximate surface area is 227 Å². The van der Waals surface area contributed by atoms with Gasteiger partial charge in [-0.25, -0.2) is 9.98 Å². The van der Waals surface area contributed by atoms with E-state index in [1.165, 1.54) is 11.8 Å². The molecule has 0 saturated heterocycles. The summed E-state index contributed by atoms with van der Waals surface area (Å²) in [5.74, 6) is 0.468. The molecule has 3 N–H and O–H groups in total. The Hall–Kier alpha value is -4.13. The van der Waals surface area contributed by atoms with Gasteiger partial charge in [0.15, 0.2) is 5.17 Å². The minimum absolute atomic E-state index is 0.249. The number of benzene rings is 2. The molecule has 1 aliphatic rings. The third-order valence-corrected chi connectivity index (χ3v) is 7.00. The first kappa shape index (κ1) is 26.9. The third-order valence-electron chi connectivity index (χ3n) is 6.11. The number of hydrogen-bond acceptors (Lipinski definition) is 8. The van der Waals surface area contributed by atoms with Crippen molar-refractivity contribution in [1.29, 1.82) is 5.26 Å².